The summed E-state index contributed by atoms with van der Waals surface area (Å²) in [5.41, 5.74) is -1.31. The van der Waals surface area contributed by atoms with E-state index >= 15 is 0 Å². The minimum atomic E-state index is -4.58. The number of alkyl halides is 3. The van der Waals surface area contributed by atoms with Crippen LogP contribution in [0.4, 0.5) is 18.0 Å². The van der Waals surface area contributed by atoms with Crippen LogP contribution in [-0.2, 0) is 21.3 Å². The maximum Gasteiger partial charge on any atom is 0.416 e. The molecular weight excluding hydrogens is 399 g/mol. The number of urea groups is 1. The highest BCUT2D eigenvalue weighted by atomic mass is 19.4. The lowest BCUT2D eigenvalue weighted by Gasteiger charge is -2.23. The van der Waals surface area contributed by atoms with Crippen molar-refractivity contribution in [1.29, 1.82) is 0 Å². The molecule has 1 aromatic rings. The Morgan fingerprint density at radius 1 is 1.27 bits per heavy atom. The zero-order valence-electron chi connectivity index (χ0n) is 16.6. The Labute approximate surface area is 172 Å². The van der Waals surface area contributed by atoms with Crippen molar-refractivity contribution in [2.24, 2.45) is 0 Å². The van der Waals surface area contributed by atoms with Crippen molar-refractivity contribution in [2.75, 3.05) is 13.1 Å². The fourth-order valence-electron chi connectivity index (χ4n) is 3.74. The summed E-state index contributed by atoms with van der Waals surface area (Å²) in [6.45, 7) is 1.24. The van der Waals surface area contributed by atoms with Gasteiger partial charge in [-0.2, -0.15) is 13.2 Å². The van der Waals surface area contributed by atoms with E-state index in [1.807, 2.05) is 0 Å². The van der Waals surface area contributed by atoms with Crippen molar-refractivity contribution in [3.8, 4) is 0 Å². The van der Waals surface area contributed by atoms with Gasteiger partial charge >= 0.3 is 12.2 Å². The van der Waals surface area contributed by atoms with E-state index in [0.29, 0.717) is 13.0 Å². The number of carbonyl (C=O) groups is 3. The van der Waals surface area contributed by atoms with Gasteiger partial charge in [0.15, 0.2) is 0 Å². The summed E-state index contributed by atoms with van der Waals surface area (Å²) in [4.78, 5) is 38.1. The van der Waals surface area contributed by atoms with Crippen LogP contribution >= 0.6 is 0 Å². The largest absolute Gasteiger partial charge is 0.416 e. The molecule has 9 heteroatoms. The average Bonchev–Trinajstić information content (AvgIpc) is 2.92. The van der Waals surface area contributed by atoms with Crippen molar-refractivity contribution < 1.29 is 27.6 Å². The number of nitrogens with zero attached hydrogens (tertiary/aromatic N) is 1. The Balaban J connectivity index is 1.64. The first-order valence-electron chi connectivity index (χ1n) is 9.88. The van der Waals surface area contributed by atoms with Gasteiger partial charge in [-0.1, -0.05) is 23.8 Å². The molecule has 1 aliphatic heterocycles. The molecule has 0 spiro atoms. The molecule has 0 aromatic heterocycles. The summed E-state index contributed by atoms with van der Waals surface area (Å²) in [6.07, 6.45) is 2.67. The first kappa shape index (κ1) is 21.9. The first-order valence-corrected chi connectivity index (χ1v) is 9.88. The van der Waals surface area contributed by atoms with Gasteiger partial charge in [-0.15, -0.1) is 0 Å². The summed E-state index contributed by atoms with van der Waals surface area (Å²) < 4.78 is 39.0. The molecular formula is C21H24F3N3O3. The molecule has 162 valence electrons. The van der Waals surface area contributed by atoms with E-state index in [1.54, 1.807) is 0 Å². The lowest BCUT2D eigenvalue weighted by atomic mass is 9.90. The Morgan fingerprint density at radius 3 is 2.70 bits per heavy atom. The van der Waals surface area contributed by atoms with Crippen LogP contribution in [0.15, 0.2) is 35.9 Å². The molecule has 0 unspecified atom stereocenters. The topological polar surface area (TPSA) is 78.5 Å². The number of rotatable bonds is 6. The zero-order valence-corrected chi connectivity index (χ0v) is 16.6. The number of halogens is 3. The Hall–Kier alpha value is -2.84. The van der Waals surface area contributed by atoms with E-state index in [0.717, 1.165) is 36.3 Å². The molecule has 2 N–H and O–H groups in total. The van der Waals surface area contributed by atoms with E-state index < -0.39 is 41.7 Å². The van der Waals surface area contributed by atoms with E-state index in [9.17, 15) is 27.6 Å². The number of amides is 4. The van der Waals surface area contributed by atoms with Crippen LogP contribution in [0.3, 0.4) is 0 Å². The second kappa shape index (κ2) is 8.49. The lowest BCUT2D eigenvalue weighted by Crippen LogP contribution is -2.43. The van der Waals surface area contributed by atoms with Crippen molar-refractivity contribution in [3.63, 3.8) is 0 Å². The standard InChI is InChI=1S/C21H24F3N3O3/c1-20(15-8-5-9-16(12-15)21(22,23)24)18(29)27(19(30)26-20)13-17(28)25-11-10-14-6-3-2-4-7-14/h5-6,8-9,12H,2-4,7,10-11,13H2,1H3,(H,25,28)(H,26,30)/t20-/m0/s1. The van der Waals surface area contributed by atoms with Crippen LogP contribution in [-0.4, -0.2) is 35.8 Å². The molecule has 30 heavy (non-hydrogen) atoms. The Bertz CT molecular complexity index is 882. The van der Waals surface area contributed by atoms with Crippen molar-refractivity contribution >= 4 is 17.8 Å². The first-order chi connectivity index (χ1) is 14.1. The van der Waals surface area contributed by atoms with Crippen LogP contribution < -0.4 is 10.6 Å². The monoisotopic (exact) mass is 423 g/mol. The van der Waals surface area contributed by atoms with Crippen LogP contribution in [0.5, 0.6) is 0 Å². The fourth-order valence-corrected chi connectivity index (χ4v) is 3.74. The molecule has 6 nitrogen and oxygen atoms in total. The van der Waals surface area contributed by atoms with E-state index in [2.05, 4.69) is 16.7 Å². The maximum atomic E-state index is 13.0. The minimum absolute atomic E-state index is 0.00261. The van der Waals surface area contributed by atoms with Gasteiger partial charge in [-0.3, -0.25) is 14.5 Å². The highest BCUT2D eigenvalue weighted by molar-refractivity contribution is 6.09. The summed E-state index contributed by atoms with van der Waals surface area (Å²) >= 11 is 0. The van der Waals surface area contributed by atoms with Crippen molar-refractivity contribution in [1.82, 2.24) is 15.5 Å². The predicted molar refractivity (Wildman–Crippen MR) is 103 cm³/mol. The third-order valence-corrected chi connectivity index (χ3v) is 5.50. The van der Waals surface area contributed by atoms with E-state index in [-0.39, 0.29) is 5.56 Å². The molecule has 0 radical (unpaired) electrons. The van der Waals surface area contributed by atoms with Gasteiger partial charge in [-0.25, -0.2) is 4.79 Å². The Kier molecular flexibility index (Phi) is 6.19. The smallest absolute Gasteiger partial charge is 0.354 e. The zero-order chi connectivity index (χ0) is 21.9. The Morgan fingerprint density at radius 2 is 2.03 bits per heavy atom. The summed E-state index contributed by atoms with van der Waals surface area (Å²) in [6, 6.07) is 3.43. The van der Waals surface area contributed by atoms with Crippen LogP contribution in [0, 0.1) is 0 Å². The second-order valence-electron chi connectivity index (χ2n) is 7.73. The van der Waals surface area contributed by atoms with Gasteiger partial charge in [0.1, 0.15) is 12.1 Å². The van der Waals surface area contributed by atoms with Crippen molar-refractivity contribution in [2.45, 2.75) is 50.7 Å². The second-order valence-corrected chi connectivity index (χ2v) is 7.73. The summed E-state index contributed by atoms with van der Waals surface area (Å²) in [5, 5.41) is 5.11. The molecule has 1 aliphatic carbocycles. The number of imide groups is 1. The average molecular weight is 423 g/mol. The third-order valence-electron chi connectivity index (χ3n) is 5.50. The highest BCUT2D eigenvalue weighted by Gasteiger charge is 2.50. The normalized spacial score (nSPS) is 22.0. The quantitative estimate of drug-likeness (QED) is 0.543. The van der Waals surface area contributed by atoms with Crippen molar-refractivity contribution in [3.05, 3.63) is 47.0 Å². The molecule has 3 rings (SSSR count). The lowest BCUT2D eigenvalue weighted by molar-refractivity contribution is -0.138. The molecule has 0 bridgehead atoms. The summed E-state index contributed by atoms with van der Waals surface area (Å²) in [5.74, 6) is -1.26. The molecule has 1 saturated heterocycles. The molecule has 4 amide bonds. The molecule has 1 aromatic carbocycles. The minimum Gasteiger partial charge on any atom is -0.354 e. The van der Waals surface area contributed by atoms with Gasteiger partial charge in [0.2, 0.25) is 5.91 Å². The summed E-state index contributed by atoms with van der Waals surface area (Å²) in [7, 11) is 0. The molecule has 0 saturated carbocycles. The number of carbonyl (C=O) groups excluding carboxylic acids is 3. The van der Waals surface area contributed by atoms with Crippen LogP contribution in [0.1, 0.15) is 50.2 Å². The van der Waals surface area contributed by atoms with Crippen LogP contribution in [0.25, 0.3) is 0 Å². The molecule has 1 fully saturated rings. The van der Waals surface area contributed by atoms with E-state index in [4.69, 9.17) is 0 Å². The number of hydrogen-bond donors (Lipinski definition) is 2. The maximum absolute atomic E-state index is 13.0. The number of benzene rings is 1. The predicted octanol–water partition coefficient (Wildman–Crippen LogP) is 3.48. The van der Waals surface area contributed by atoms with Gasteiger partial charge in [-0.05, 0) is 56.7 Å². The third kappa shape index (κ3) is 4.66. The van der Waals surface area contributed by atoms with Gasteiger partial charge in [0.25, 0.3) is 5.91 Å². The van der Waals surface area contributed by atoms with Gasteiger partial charge in [0, 0.05) is 6.54 Å². The number of nitrogens with one attached hydrogen (secondary N) is 2. The number of hydrogen-bond acceptors (Lipinski definition) is 3. The van der Waals surface area contributed by atoms with Gasteiger partial charge < -0.3 is 10.6 Å². The highest BCUT2D eigenvalue weighted by Crippen LogP contribution is 2.34. The van der Waals surface area contributed by atoms with Crippen LogP contribution in [0.2, 0.25) is 0 Å². The number of allylic oxidation sites excluding steroid dienone is 1. The molecule has 1 atom stereocenters. The SMILES string of the molecule is C[C@@]1(c2cccc(C(F)(F)F)c2)NC(=O)N(CC(=O)NCCC2=CCCCC2)C1=O. The van der Waals surface area contributed by atoms with Gasteiger partial charge in [0.05, 0.1) is 5.56 Å². The fraction of sp³-hybridized carbons (Fsp3) is 0.476. The molecule has 2 aliphatic rings. The molecule has 1 heterocycles. The van der Waals surface area contributed by atoms with E-state index in [1.165, 1.54) is 31.1 Å².